The van der Waals surface area contributed by atoms with Crippen LogP contribution in [0.5, 0.6) is 0 Å². The highest BCUT2D eigenvalue weighted by Gasteiger charge is 2.27. The average Bonchev–Trinajstić information content (AvgIpc) is 2.59. The lowest BCUT2D eigenvalue weighted by Gasteiger charge is -2.13. The number of aromatic nitrogens is 2. The van der Waals surface area contributed by atoms with Crippen LogP contribution in [0.25, 0.3) is 0 Å². The van der Waals surface area contributed by atoms with Gasteiger partial charge in [-0.1, -0.05) is 0 Å². The molecule has 0 saturated carbocycles. The number of carbonyl (C=O) groups is 1. The molecule has 0 bridgehead atoms. The minimum absolute atomic E-state index is 0.460. The number of hydrogen-bond donors (Lipinski definition) is 1. The molecule has 1 unspecified atom stereocenters. The fraction of sp³-hybridized carbons (Fsp3) is 0.556. The molecule has 1 heterocycles. The Balaban J connectivity index is 2.91. The summed E-state index contributed by atoms with van der Waals surface area (Å²) in [6, 6.07) is 0. The van der Waals surface area contributed by atoms with Crippen molar-refractivity contribution in [2.45, 2.75) is 25.7 Å². The molecule has 6 heteroatoms. The smallest absolute Gasteiger partial charge is 0.313 e. The maximum absolute atomic E-state index is 12.3. The summed E-state index contributed by atoms with van der Waals surface area (Å²) >= 11 is 0. The second kappa shape index (κ2) is 4.86. The van der Waals surface area contributed by atoms with Gasteiger partial charge in [0.05, 0.1) is 19.2 Å². The zero-order valence-corrected chi connectivity index (χ0v) is 8.46. The van der Waals surface area contributed by atoms with Crippen LogP contribution >= 0.6 is 0 Å². The van der Waals surface area contributed by atoms with Gasteiger partial charge in [-0.3, -0.25) is 9.89 Å². The van der Waals surface area contributed by atoms with Crippen molar-refractivity contribution in [2.75, 3.05) is 7.11 Å². The van der Waals surface area contributed by atoms with Gasteiger partial charge < -0.3 is 4.74 Å². The SMILES string of the molecule is COC(=O)C(CC(F)F)c1cn[nH]c1C. The summed E-state index contributed by atoms with van der Waals surface area (Å²) in [6.45, 7) is 1.67. The Bertz CT molecular complexity index is 339. The van der Waals surface area contributed by atoms with E-state index in [9.17, 15) is 13.6 Å². The highest BCUT2D eigenvalue weighted by atomic mass is 19.3. The molecule has 0 radical (unpaired) electrons. The summed E-state index contributed by atoms with van der Waals surface area (Å²) in [5.74, 6) is -1.62. The van der Waals surface area contributed by atoms with E-state index in [4.69, 9.17) is 0 Å². The van der Waals surface area contributed by atoms with E-state index in [0.29, 0.717) is 11.3 Å². The van der Waals surface area contributed by atoms with Crippen LogP contribution in [0.4, 0.5) is 8.78 Å². The Morgan fingerprint density at radius 1 is 1.67 bits per heavy atom. The largest absolute Gasteiger partial charge is 0.469 e. The summed E-state index contributed by atoms with van der Waals surface area (Å²) in [5, 5.41) is 6.29. The summed E-state index contributed by atoms with van der Waals surface area (Å²) in [5.41, 5.74) is 1.06. The molecule has 0 aliphatic carbocycles. The predicted octanol–water partition coefficient (Wildman–Crippen LogP) is 1.63. The van der Waals surface area contributed by atoms with Crippen molar-refractivity contribution in [1.82, 2.24) is 10.2 Å². The Morgan fingerprint density at radius 3 is 2.73 bits per heavy atom. The Labute approximate surface area is 85.6 Å². The van der Waals surface area contributed by atoms with Crippen LogP contribution in [0.3, 0.4) is 0 Å². The second-order valence-corrected chi connectivity index (χ2v) is 3.15. The van der Waals surface area contributed by atoms with Crippen molar-refractivity contribution in [3.05, 3.63) is 17.5 Å². The zero-order valence-electron chi connectivity index (χ0n) is 8.46. The van der Waals surface area contributed by atoms with E-state index in [0.717, 1.165) is 0 Å². The molecule has 15 heavy (non-hydrogen) atoms. The molecule has 4 nitrogen and oxygen atoms in total. The first-order valence-electron chi connectivity index (χ1n) is 4.42. The van der Waals surface area contributed by atoms with Gasteiger partial charge in [-0.2, -0.15) is 5.10 Å². The fourth-order valence-corrected chi connectivity index (χ4v) is 1.38. The van der Waals surface area contributed by atoms with Crippen LogP contribution in [-0.4, -0.2) is 29.7 Å². The van der Waals surface area contributed by atoms with Gasteiger partial charge in [-0.05, 0) is 6.92 Å². The Hall–Kier alpha value is -1.46. The third kappa shape index (κ3) is 2.74. The molecule has 1 atom stereocenters. The first-order chi connectivity index (χ1) is 7.06. The van der Waals surface area contributed by atoms with E-state index in [1.54, 1.807) is 6.92 Å². The van der Waals surface area contributed by atoms with Gasteiger partial charge >= 0.3 is 5.97 Å². The number of H-pyrrole nitrogens is 1. The monoisotopic (exact) mass is 218 g/mol. The van der Waals surface area contributed by atoms with Gasteiger partial charge in [0, 0.05) is 17.7 Å². The fourth-order valence-electron chi connectivity index (χ4n) is 1.38. The number of nitrogens with one attached hydrogen (secondary N) is 1. The highest BCUT2D eigenvalue weighted by molar-refractivity contribution is 5.78. The van der Waals surface area contributed by atoms with Gasteiger partial charge in [0.25, 0.3) is 0 Å². The predicted molar refractivity (Wildman–Crippen MR) is 48.7 cm³/mol. The summed E-state index contributed by atoms with van der Waals surface area (Å²) in [6.07, 6.45) is -1.73. The number of aryl methyl sites for hydroxylation is 1. The third-order valence-electron chi connectivity index (χ3n) is 2.14. The van der Waals surface area contributed by atoms with Crippen molar-refractivity contribution < 1.29 is 18.3 Å². The number of rotatable bonds is 4. The molecule has 84 valence electrons. The van der Waals surface area contributed by atoms with Gasteiger partial charge in [0.2, 0.25) is 6.43 Å². The van der Waals surface area contributed by atoms with E-state index < -0.39 is 24.7 Å². The third-order valence-corrected chi connectivity index (χ3v) is 2.14. The van der Waals surface area contributed by atoms with Gasteiger partial charge in [0.1, 0.15) is 0 Å². The standard InChI is InChI=1S/C9H12F2N2O2/c1-5-7(4-12-13-5)6(3-8(10)11)9(14)15-2/h4,6,8H,3H2,1-2H3,(H,12,13). The highest BCUT2D eigenvalue weighted by Crippen LogP contribution is 2.25. The van der Waals surface area contributed by atoms with Gasteiger partial charge in [0.15, 0.2) is 0 Å². The van der Waals surface area contributed by atoms with E-state index in [2.05, 4.69) is 14.9 Å². The lowest BCUT2D eigenvalue weighted by atomic mass is 9.97. The molecule has 1 rings (SSSR count). The summed E-state index contributed by atoms with van der Waals surface area (Å²) in [7, 11) is 1.18. The lowest BCUT2D eigenvalue weighted by Crippen LogP contribution is -2.17. The molecule has 1 aromatic heterocycles. The van der Waals surface area contributed by atoms with Crippen LogP contribution < -0.4 is 0 Å². The molecule has 0 saturated heterocycles. The zero-order chi connectivity index (χ0) is 11.4. The number of alkyl halides is 2. The van der Waals surface area contributed by atoms with Gasteiger partial charge in [-0.25, -0.2) is 8.78 Å². The van der Waals surface area contributed by atoms with E-state index >= 15 is 0 Å². The quantitative estimate of drug-likeness (QED) is 0.781. The number of halogens is 2. The van der Waals surface area contributed by atoms with E-state index in [1.807, 2.05) is 0 Å². The number of nitrogens with zero attached hydrogens (tertiary/aromatic N) is 1. The summed E-state index contributed by atoms with van der Waals surface area (Å²) < 4.78 is 29.0. The van der Waals surface area contributed by atoms with Crippen molar-refractivity contribution in [3.63, 3.8) is 0 Å². The molecular weight excluding hydrogens is 206 g/mol. The van der Waals surface area contributed by atoms with Crippen molar-refractivity contribution in [2.24, 2.45) is 0 Å². The molecular formula is C9H12F2N2O2. The van der Waals surface area contributed by atoms with Crippen molar-refractivity contribution in [1.29, 1.82) is 0 Å². The molecule has 0 fully saturated rings. The van der Waals surface area contributed by atoms with Crippen LogP contribution in [0.1, 0.15) is 23.6 Å². The second-order valence-electron chi connectivity index (χ2n) is 3.15. The molecule has 1 aromatic rings. The summed E-state index contributed by atoms with van der Waals surface area (Å²) in [4.78, 5) is 11.3. The normalized spacial score (nSPS) is 12.9. The Morgan fingerprint density at radius 2 is 2.33 bits per heavy atom. The molecule has 0 aromatic carbocycles. The van der Waals surface area contributed by atoms with Crippen molar-refractivity contribution >= 4 is 5.97 Å². The molecule has 1 N–H and O–H groups in total. The maximum Gasteiger partial charge on any atom is 0.313 e. The number of ether oxygens (including phenoxy) is 1. The van der Waals surface area contributed by atoms with Crippen LogP contribution in [0.15, 0.2) is 6.20 Å². The van der Waals surface area contributed by atoms with E-state index in [-0.39, 0.29) is 0 Å². The minimum Gasteiger partial charge on any atom is -0.469 e. The van der Waals surface area contributed by atoms with Crippen LogP contribution in [0.2, 0.25) is 0 Å². The number of hydrogen-bond acceptors (Lipinski definition) is 3. The number of methoxy groups -OCH3 is 1. The molecule has 0 amide bonds. The maximum atomic E-state index is 12.3. The van der Waals surface area contributed by atoms with Crippen LogP contribution in [0, 0.1) is 6.92 Å². The molecule has 0 aliphatic heterocycles. The number of carbonyl (C=O) groups excluding carboxylic acids is 1. The molecule has 0 spiro atoms. The minimum atomic E-state index is -2.55. The number of esters is 1. The number of aromatic amines is 1. The Kier molecular flexibility index (Phi) is 3.76. The molecule has 0 aliphatic rings. The first-order valence-corrected chi connectivity index (χ1v) is 4.42. The topological polar surface area (TPSA) is 55.0 Å². The van der Waals surface area contributed by atoms with Gasteiger partial charge in [-0.15, -0.1) is 0 Å². The van der Waals surface area contributed by atoms with Crippen molar-refractivity contribution in [3.8, 4) is 0 Å². The van der Waals surface area contributed by atoms with E-state index in [1.165, 1.54) is 13.3 Å². The van der Waals surface area contributed by atoms with Crippen LogP contribution in [-0.2, 0) is 9.53 Å². The lowest BCUT2D eigenvalue weighted by molar-refractivity contribution is -0.143. The average molecular weight is 218 g/mol. The first kappa shape index (κ1) is 11.6.